The molecule has 3 aromatic rings. The van der Waals surface area contributed by atoms with Gasteiger partial charge in [-0.05, 0) is 23.3 Å². The van der Waals surface area contributed by atoms with Crippen molar-refractivity contribution in [1.29, 1.82) is 0 Å². The van der Waals surface area contributed by atoms with E-state index in [0.717, 1.165) is 5.56 Å². The summed E-state index contributed by atoms with van der Waals surface area (Å²) in [5.41, 5.74) is 2.32. The first-order valence-corrected chi connectivity index (χ1v) is 10.4. The van der Waals surface area contributed by atoms with Crippen LogP contribution in [-0.2, 0) is 16.1 Å². The zero-order chi connectivity index (χ0) is 23.3. The van der Waals surface area contributed by atoms with Gasteiger partial charge in [0.2, 0.25) is 6.29 Å². The number of hydrogen-bond acceptors (Lipinski definition) is 9. The smallest absolute Gasteiger partial charge is 0.339 e. The zero-order valence-electron chi connectivity index (χ0n) is 17.3. The van der Waals surface area contributed by atoms with E-state index in [9.17, 15) is 30.3 Å². The topological polar surface area (TPSA) is 146 Å². The summed E-state index contributed by atoms with van der Waals surface area (Å²) >= 11 is 0. The van der Waals surface area contributed by atoms with Gasteiger partial charge in [0.25, 0.3) is 0 Å². The molecule has 5 atom stereocenters. The summed E-state index contributed by atoms with van der Waals surface area (Å²) in [5, 5.41) is 51.9. The van der Waals surface area contributed by atoms with Crippen LogP contribution in [0.3, 0.4) is 0 Å². The van der Waals surface area contributed by atoms with Gasteiger partial charge in [0.15, 0.2) is 11.5 Å². The molecule has 1 fully saturated rings. The summed E-state index contributed by atoms with van der Waals surface area (Å²) in [5.74, 6) is -0.883. The van der Waals surface area contributed by atoms with Crippen molar-refractivity contribution in [2.45, 2.75) is 37.3 Å². The Labute approximate surface area is 188 Å². The molecule has 0 bridgehead atoms. The van der Waals surface area contributed by atoms with Crippen LogP contribution in [0.5, 0.6) is 11.5 Å². The van der Waals surface area contributed by atoms with Crippen LogP contribution in [0.4, 0.5) is 0 Å². The minimum absolute atomic E-state index is 0.0333. The predicted octanol–water partition coefficient (Wildman–Crippen LogP) is 1.06. The van der Waals surface area contributed by atoms with Crippen molar-refractivity contribution in [3.63, 3.8) is 0 Å². The molecule has 9 heteroatoms. The molecule has 172 valence electrons. The minimum atomic E-state index is -1.67. The number of hydrogen-bond donors (Lipinski definition) is 5. The van der Waals surface area contributed by atoms with Gasteiger partial charge < -0.3 is 39.7 Å². The molecule has 0 saturated carbocycles. The Kier molecular flexibility index (Phi) is 5.43. The van der Waals surface area contributed by atoms with E-state index in [1.54, 1.807) is 12.1 Å². The summed E-state index contributed by atoms with van der Waals surface area (Å²) in [4.78, 5) is 12.4. The van der Waals surface area contributed by atoms with Crippen molar-refractivity contribution in [2.24, 2.45) is 0 Å². The van der Waals surface area contributed by atoms with Crippen molar-refractivity contribution in [1.82, 2.24) is 0 Å². The normalized spacial score (nSPS) is 26.8. The molecule has 0 unspecified atom stereocenters. The third-order valence-corrected chi connectivity index (χ3v) is 6.04. The van der Waals surface area contributed by atoms with Gasteiger partial charge >= 0.3 is 5.97 Å². The molecular weight excluding hydrogens is 432 g/mol. The van der Waals surface area contributed by atoms with E-state index in [1.165, 1.54) is 6.07 Å². The SMILES string of the molecule is O=C1OCc2cc(O)c(O[C@H]3O[C@@H](CO)[C@H](O)[C@@H](O)[C@@H]3O)c3c(-c4ccccc4)ccc1c23. The second-order valence-corrected chi connectivity index (χ2v) is 8.05. The summed E-state index contributed by atoms with van der Waals surface area (Å²) in [6, 6.07) is 14.0. The highest BCUT2D eigenvalue weighted by molar-refractivity contribution is 6.14. The van der Waals surface area contributed by atoms with Gasteiger partial charge in [-0.3, -0.25) is 0 Å². The van der Waals surface area contributed by atoms with Gasteiger partial charge in [0.1, 0.15) is 31.0 Å². The lowest BCUT2D eigenvalue weighted by Crippen LogP contribution is -2.60. The van der Waals surface area contributed by atoms with Crippen LogP contribution in [0.1, 0.15) is 15.9 Å². The highest BCUT2D eigenvalue weighted by Gasteiger charge is 2.45. The van der Waals surface area contributed by atoms with Gasteiger partial charge in [-0.1, -0.05) is 36.4 Å². The van der Waals surface area contributed by atoms with Crippen molar-refractivity contribution in [2.75, 3.05) is 6.61 Å². The Hall–Kier alpha value is -3.21. The first-order chi connectivity index (χ1) is 15.9. The number of ether oxygens (including phenoxy) is 3. The van der Waals surface area contributed by atoms with Crippen LogP contribution < -0.4 is 4.74 Å². The van der Waals surface area contributed by atoms with Gasteiger partial charge in [-0.25, -0.2) is 4.79 Å². The zero-order valence-corrected chi connectivity index (χ0v) is 17.3. The molecule has 0 spiro atoms. The first-order valence-electron chi connectivity index (χ1n) is 10.4. The molecule has 2 aliphatic rings. The highest BCUT2D eigenvalue weighted by atomic mass is 16.7. The van der Waals surface area contributed by atoms with E-state index >= 15 is 0 Å². The Morgan fingerprint density at radius 2 is 1.67 bits per heavy atom. The van der Waals surface area contributed by atoms with Crippen LogP contribution in [-0.4, -0.2) is 68.8 Å². The molecule has 0 aliphatic carbocycles. The Balaban J connectivity index is 1.71. The maximum absolute atomic E-state index is 12.4. The highest BCUT2D eigenvalue weighted by Crippen LogP contribution is 2.46. The molecule has 2 aliphatic heterocycles. The van der Waals surface area contributed by atoms with Crippen LogP contribution >= 0.6 is 0 Å². The maximum Gasteiger partial charge on any atom is 0.339 e. The van der Waals surface area contributed by atoms with Crippen molar-refractivity contribution < 1.29 is 44.5 Å². The van der Waals surface area contributed by atoms with E-state index < -0.39 is 43.3 Å². The number of phenolic OH excluding ortho intramolecular Hbond substituents is 1. The quantitative estimate of drug-likeness (QED) is 0.365. The van der Waals surface area contributed by atoms with Crippen LogP contribution in [0, 0.1) is 0 Å². The van der Waals surface area contributed by atoms with Crippen LogP contribution in [0.25, 0.3) is 21.9 Å². The Morgan fingerprint density at radius 1 is 0.939 bits per heavy atom. The predicted molar refractivity (Wildman–Crippen MR) is 115 cm³/mol. The average Bonchev–Trinajstić information content (AvgIpc) is 2.83. The number of phenols is 1. The summed E-state index contributed by atoms with van der Waals surface area (Å²) in [6.45, 7) is -0.657. The standard InChI is InChI=1S/C24H22O9/c25-9-16-19(27)20(28)21(29)24(32-16)33-22-15(26)8-12-10-31-23(30)14-7-6-13(18(22)17(12)14)11-4-2-1-3-5-11/h1-8,16,19-21,24-29H,9-10H2/t16-,19-,20+,21-,24+/m0/s1. The molecular formula is C24H22O9. The number of aromatic hydroxyl groups is 1. The molecule has 9 nitrogen and oxygen atoms in total. The first kappa shape index (κ1) is 21.6. The van der Waals surface area contributed by atoms with Crippen molar-refractivity contribution >= 4 is 16.7 Å². The summed E-state index contributed by atoms with van der Waals surface area (Å²) < 4.78 is 16.6. The van der Waals surface area contributed by atoms with Gasteiger partial charge in [-0.15, -0.1) is 0 Å². The molecule has 0 radical (unpaired) electrons. The number of rotatable bonds is 4. The molecule has 0 aromatic heterocycles. The minimum Gasteiger partial charge on any atom is -0.504 e. The average molecular weight is 454 g/mol. The summed E-state index contributed by atoms with van der Waals surface area (Å²) in [7, 11) is 0. The maximum atomic E-state index is 12.4. The Bertz CT molecular complexity index is 1210. The number of esters is 1. The van der Waals surface area contributed by atoms with Gasteiger partial charge in [0.05, 0.1) is 12.2 Å². The van der Waals surface area contributed by atoms with Gasteiger partial charge in [-0.2, -0.15) is 0 Å². The van der Waals surface area contributed by atoms with Crippen LogP contribution in [0.2, 0.25) is 0 Å². The number of carbonyl (C=O) groups is 1. The largest absolute Gasteiger partial charge is 0.504 e. The number of aliphatic hydroxyl groups excluding tert-OH is 4. The second kappa shape index (κ2) is 8.29. The van der Waals surface area contributed by atoms with Gasteiger partial charge in [0, 0.05) is 16.3 Å². The molecule has 33 heavy (non-hydrogen) atoms. The molecule has 2 heterocycles. The molecule has 5 N–H and O–H groups in total. The monoisotopic (exact) mass is 454 g/mol. The van der Waals surface area contributed by atoms with Crippen molar-refractivity contribution in [3.05, 3.63) is 59.7 Å². The molecule has 1 saturated heterocycles. The molecule has 3 aromatic carbocycles. The number of carbonyl (C=O) groups excluding carboxylic acids is 1. The molecule has 5 rings (SSSR count). The second-order valence-electron chi connectivity index (χ2n) is 8.05. The lowest BCUT2D eigenvalue weighted by molar-refractivity contribution is -0.277. The number of benzene rings is 3. The Morgan fingerprint density at radius 3 is 2.39 bits per heavy atom. The third-order valence-electron chi connectivity index (χ3n) is 6.04. The van der Waals surface area contributed by atoms with Crippen molar-refractivity contribution in [3.8, 4) is 22.6 Å². The summed E-state index contributed by atoms with van der Waals surface area (Å²) in [6.07, 6.45) is -7.56. The lowest BCUT2D eigenvalue weighted by atomic mass is 9.90. The third kappa shape index (κ3) is 3.50. The van der Waals surface area contributed by atoms with E-state index in [1.807, 2.05) is 30.3 Å². The lowest BCUT2D eigenvalue weighted by Gasteiger charge is -2.39. The van der Waals surface area contributed by atoms with Crippen LogP contribution in [0.15, 0.2) is 48.5 Å². The number of cyclic esters (lactones) is 1. The fourth-order valence-electron chi connectivity index (χ4n) is 4.37. The fraction of sp³-hybridized carbons (Fsp3) is 0.292. The fourth-order valence-corrected chi connectivity index (χ4v) is 4.37. The van der Waals surface area contributed by atoms with E-state index in [0.29, 0.717) is 27.5 Å². The number of aliphatic hydroxyl groups is 4. The van der Waals surface area contributed by atoms with E-state index in [4.69, 9.17) is 14.2 Å². The van der Waals surface area contributed by atoms with E-state index in [2.05, 4.69) is 0 Å². The molecule has 0 amide bonds. The van der Waals surface area contributed by atoms with E-state index in [-0.39, 0.29) is 18.1 Å².